The number of hydrogen-bond acceptors (Lipinski definition) is 0. The lowest BCUT2D eigenvalue weighted by Gasteiger charge is -2.01. The summed E-state index contributed by atoms with van der Waals surface area (Å²) in [4.78, 5) is 3.46. The zero-order valence-corrected chi connectivity index (χ0v) is 10.6. The van der Waals surface area contributed by atoms with E-state index >= 15 is 0 Å². The lowest BCUT2D eigenvalue weighted by Crippen LogP contribution is -1.84. The fourth-order valence-corrected chi connectivity index (χ4v) is 2.56. The maximum Gasteiger partial charge on any atom is 0.0465 e. The number of aromatic nitrogens is 1. The molecule has 0 atom stereocenters. The molecule has 1 radical (unpaired) electrons. The highest BCUT2D eigenvalue weighted by molar-refractivity contribution is 6.07. The number of unbranched alkanes of at least 4 members (excludes halogenated alkanes) is 2. The third kappa shape index (κ3) is 2.01. The number of fused-ring (bicyclic) bond motifs is 3. The average Bonchev–Trinajstić information content (AvgIpc) is 2.77. The number of nitrogens with one attached hydrogen (secondary N) is 1. The highest BCUT2D eigenvalue weighted by Crippen LogP contribution is 2.26. The summed E-state index contributed by atoms with van der Waals surface area (Å²) >= 11 is 0. The summed E-state index contributed by atoms with van der Waals surface area (Å²) < 4.78 is 0. The van der Waals surface area contributed by atoms with E-state index in [9.17, 15) is 0 Å². The van der Waals surface area contributed by atoms with Crippen LogP contribution in [0.3, 0.4) is 0 Å². The van der Waals surface area contributed by atoms with E-state index in [4.69, 9.17) is 0 Å². The summed E-state index contributed by atoms with van der Waals surface area (Å²) in [5.41, 5.74) is 3.89. The molecule has 0 aliphatic carbocycles. The normalized spacial score (nSPS) is 11.4. The van der Waals surface area contributed by atoms with Gasteiger partial charge in [0.1, 0.15) is 0 Å². The van der Waals surface area contributed by atoms with Gasteiger partial charge in [0.05, 0.1) is 0 Å². The van der Waals surface area contributed by atoms with Crippen LogP contribution >= 0.6 is 0 Å². The van der Waals surface area contributed by atoms with Gasteiger partial charge in [-0.1, -0.05) is 44.0 Å². The van der Waals surface area contributed by atoms with Gasteiger partial charge in [0.15, 0.2) is 0 Å². The van der Waals surface area contributed by atoms with E-state index in [0.717, 1.165) is 12.8 Å². The number of aromatic amines is 1. The summed E-state index contributed by atoms with van der Waals surface area (Å²) in [6.07, 6.45) is 4.64. The molecule has 18 heavy (non-hydrogen) atoms. The van der Waals surface area contributed by atoms with Gasteiger partial charge in [0, 0.05) is 21.8 Å². The number of rotatable bonds is 4. The topological polar surface area (TPSA) is 15.8 Å². The van der Waals surface area contributed by atoms with Crippen LogP contribution in [0.2, 0.25) is 0 Å². The Kier molecular flexibility index (Phi) is 3.06. The van der Waals surface area contributed by atoms with Gasteiger partial charge in [-0.15, -0.1) is 0 Å². The lowest BCUT2D eigenvalue weighted by atomic mass is 10.0. The number of benzene rings is 2. The molecular weight excluding hydrogens is 218 g/mol. The van der Waals surface area contributed by atoms with Crippen LogP contribution in [-0.2, 0) is 6.42 Å². The maximum absolute atomic E-state index is 3.89. The molecule has 1 N–H and O–H groups in total. The lowest BCUT2D eigenvalue weighted by molar-refractivity contribution is 0.746. The third-order valence-corrected chi connectivity index (χ3v) is 3.54. The van der Waals surface area contributed by atoms with Crippen LogP contribution in [0.25, 0.3) is 21.8 Å². The second-order valence-electron chi connectivity index (χ2n) is 4.86. The Balaban J connectivity index is 2.02. The molecule has 0 aliphatic rings. The van der Waals surface area contributed by atoms with Crippen LogP contribution in [0.5, 0.6) is 0 Å². The van der Waals surface area contributed by atoms with E-state index in [2.05, 4.69) is 54.4 Å². The van der Waals surface area contributed by atoms with Gasteiger partial charge in [0.2, 0.25) is 0 Å². The molecule has 0 bridgehead atoms. The van der Waals surface area contributed by atoms with Crippen LogP contribution in [0, 0.1) is 6.92 Å². The fraction of sp³-hybridized carbons (Fsp3) is 0.235. The minimum atomic E-state index is 1.04. The molecule has 3 aromatic rings. The summed E-state index contributed by atoms with van der Waals surface area (Å²) in [6.45, 7) is 3.89. The first-order chi connectivity index (χ1) is 8.88. The molecule has 0 spiro atoms. The molecule has 3 rings (SSSR count). The molecule has 0 aliphatic heterocycles. The van der Waals surface area contributed by atoms with Crippen molar-refractivity contribution < 1.29 is 0 Å². The average molecular weight is 236 g/mol. The van der Waals surface area contributed by atoms with Crippen molar-refractivity contribution in [3.63, 3.8) is 0 Å². The van der Waals surface area contributed by atoms with Crippen LogP contribution in [-0.4, -0.2) is 4.98 Å². The molecular formula is C17H18N. The zero-order chi connectivity index (χ0) is 12.4. The molecule has 1 heteroatoms. The van der Waals surface area contributed by atoms with Crippen molar-refractivity contribution in [1.29, 1.82) is 0 Å². The molecule has 0 unspecified atom stereocenters. The Morgan fingerprint density at radius 2 is 1.72 bits per heavy atom. The van der Waals surface area contributed by atoms with Crippen molar-refractivity contribution in [2.45, 2.75) is 25.7 Å². The maximum atomic E-state index is 3.89. The molecule has 0 amide bonds. The summed E-state index contributed by atoms with van der Waals surface area (Å²) in [6, 6.07) is 15.3. The first kappa shape index (κ1) is 11.3. The quantitative estimate of drug-likeness (QED) is 0.622. The standard InChI is InChI=1S/C17H18N/c1-2-3-4-7-13-10-11-17-15(12-13)14-8-5-6-9-16(14)18-17/h5-6,8-12,18H,1-4,7H2. The Bertz CT molecular complexity index is 663. The second-order valence-corrected chi connectivity index (χ2v) is 4.86. The van der Waals surface area contributed by atoms with Crippen LogP contribution in [0.4, 0.5) is 0 Å². The predicted molar refractivity (Wildman–Crippen MR) is 78.7 cm³/mol. The molecule has 0 saturated carbocycles. The fourth-order valence-electron chi connectivity index (χ4n) is 2.56. The zero-order valence-electron chi connectivity index (χ0n) is 10.6. The third-order valence-electron chi connectivity index (χ3n) is 3.54. The van der Waals surface area contributed by atoms with Gasteiger partial charge in [0.25, 0.3) is 0 Å². The molecule has 0 saturated heterocycles. The Hall–Kier alpha value is -1.76. The van der Waals surface area contributed by atoms with Gasteiger partial charge in [-0.2, -0.15) is 0 Å². The number of para-hydroxylation sites is 1. The highest BCUT2D eigenvalue weighted by Gasteiger charge is 2.04. The van der Waals surface area contributed by atoms with E-state index in [1.165, 1.54) is 40.2 Å². The van der Waals surface area contributed by atoms with Crippen molar-refractivity contribution in [2.75, 3.05) is 0 Å². The molecule has 91 valence electrons. The predicted octanol–water partition coefficient (Wildman–Crippen LogP) is 4.87. The van der Waals surface area contributed by atoms with Gasteiger partial charge in [-0.25, -0.2) is 0 Å². The van der Waals surface area contributed by atoms with Crippen molar-refractivity contribution in [1.82, 2.24) is 4.98 Å². The molecule has 1 aromatic heterocycles. The van der Waals surface area contributed by atoms with Crippen LogP contribution < -0.4 is 0 Å². The minimum Gasteiger partial charge on any atom is -0.355 e. The minimum absolute atomic E-state index is 1.04. The van der Waals surface area contributed by atoms with E-state index in [1.54, 1.807) is 0 Å². The SMILES string of the molecule is [CH2]CCCCc1ccc2[nH]c3ccccc3c2c1. The highest BCUT2D eigenvalue weighted by atomic mass is 14.7. The van der Waals surface area contributed by atoms with Crippen LogP contribution in [0.1, 0.15) is 24.8 Å². The monoisotopic (exact) mass is 236 g/mol. The number of hydrogen-bond donors (Lipinski definition) is 1. The smallest absolute Gasteiger partial charge is 0.0465 e. The largest absolute Gasteiger partial charge is 0.355 e. The van der Waals surface area contributed by atoms with E-state index in [0.29, 0.717) is 0 Å². The van der Waals surface area contributed by atoms with Crippen molar-refractivity contribution in [3.8, 4) is 0 Å². The van der Waals surface area contributed by atoms with Gasteiger partial charge in [-0.3, -0.25) is 0 Å². The number of H-pyrrole nitrogens is 1. The molecule has 1 nitrogen and oxygen atoms in total. The van der Waals surface area contributed by atoms with Crippen molar-refractivity contribution in [2.24, 2.45) is 0 Å². The van der Waals surface area contributed by atoms with Crippen molar-refractivity contribution in [3.05, 3.63) is 55.0 Å². The summed E-state index contributed by atoms with van der Waals surface area (Å²) in [7, 11) is 0. The first-order valence-electron chi connectivity index (χ1n) is 6.67. The van der Waals surface area contributed by atoms with Gasteiger partial charge < -0.3 is 4.98 Å². The van der Waals surface area contributed by atoms with Crippen molar-refractivity contribution >= 4 is 21.8 Å². The molecule has 1 heterocycles. The Morgan fingerprint density at radius 3 is 2.61 bits per heavy atom. The van der Waals surface area contributed by atoms with Gasteiger partial charge in [-0.05, 0) is 36.6 Å². The molecule has 2 aromatic carbocycles. The number of aryl methyl sites for hydroxylation is 1. The second kappa shape index (κ2) is 4.85. The summed E-state index contributed by atoms with van der Waals surface area (Å²) in [5.74, 6) is 0. The Morgan fingerprint density at radius 1 is 0.889 bits per heavy atom. The van der Waals surface area contributed by atoms with E-state index in [1.807, 2.05) is 0 Å². The van der Waals surface area contributed by atoms with E-state index in [-0.39, 0.29) is 0 Å². The molecule has 0 fully saturated rings. The van der Waals surface area contributed by atoms with E-state index < -0.39 is 0 Å². The van der Waals surface area contributed by atoms with Gasteiger partial charge >= 0.3 is 0 Å². The first-order valence-corrected chi connectivity index (χ1v) is 6.67. The van der Waals surface area contributed by atoms with Crippen LogP contribution in [0.15, 0.2) is 42.5 Å². The summed E-state index contributed by atoms with van der Waals surface area (Å²) in [5, 5.41) is 2.67. The Labute approximate surface area is 108 Å².